The number of nitrogens with zero attached hydrogens (tertiary/aromatic N) is 2. The molecule has 0 N–H and O–H groups in total. The standard InChI is InChI=1S/C19H36N2O2/c1-14(2)19(22)13-20-9-6-17(7-10-20)23-18-8-11-21(15(3)4)16(5)12-18/h14-18H,6-13H2,1-5H3/t16-,18-/m1/s1. The quantitative estimate of drug-likeness (QED) is 0.752. The van der Waals surface area contributed by atoms with Crippen molar-refractivity contribution >= 4 is 5.78 Å². The van der Waals surface area contributed by atoms with Crippen LogP contribution in [0.4, 0.5) is 0 Å². The van der Waals surface area contributed by atoms with Gasteiger partial charge in [-0.25, -0.2) is 0 Å². The smallest absolute Gasteiger partial charge is 0.149 e. The number of carbonyl (C=O) groups is 1. The van der Waals surface area contributed by atoms with Crippen molar-refractivity contribution in [2.45, 2.75) is 84.6 Å². The summed E-state index contributed by atoms with van der Waals surface area (Å²) in [6.07, 6.45) is 5.28. The molecule has 2 aliphatic heterocycles. The molecule has 0 aromatic carbocycles. The molecule has 23 heavy (non-hydrogen) atoms. The minimum absolute atomic E-state index is 0.150. The van der Waals surface area contributed by atoms with Crippen LogP contribution in [0.25, 0.3) is 0 Å². The molecule has 2 aliphatic rings. The first kappa shape index (κ1) is 18.9. The van der Waals surface area contributed by atoms with E-state index in [9.17, 15) is 4.79 Å². The maximum atomic E-state index is 11.9. The van der Waals surface area contributed by atoms with Crippen molar-refractivity contribution in [2.24, 2.45) is 5.92 Å². The number of ketones is 1. The first-order valence-electron chi connectivity index (χ1n) is 9.53. The molecule has 2 heterocycles. The van der Waals surface area contributed by atoms with Crippen LogP contribution in [0, 0.1) is 5.92 Å². The van der Waals surface area contributed by atoms with E-state index in [1.165, 1.54) is 0 Å². The van der Waals surface area contributed by atoms with E-state index < -0.39 is 0 Å². The van der Waals surface area contributed by atoms with Crippen molar-refractivity contribution in [1.82, 2.24) is 9.80 Å². The number of Topliss-reactive ketones (excluding diaryl/α,β-unsaturated/α-hetero) is 1. The molecule has 0 aromatic heterocycles. The Hall–Kier alpha value is -0.450. The fraction of sp³-hybridized carbons (Fsp3) is 0.947. The number of rotatable bonds is 6. The monoisotopic (exact) mass is 324 g/mol. The van der Waals surface area contributed by atoms with Gasteiger partial charge in [0.15, 0.2) is 0 Å². The molecule has 2 rings (SSSR count). The van der Waals surface area contributed by atoms with Gasteiger partial charge in [-0.05, 0) is 46.5 Å². The first-order valence-corrected chi connectivity index (χ1v) is 9.53. The molecule has 0 bridgehead atoms. The van der Waals surface area contributed by atoms with Gasteiger partial charge in [0.25, 0.3) is 0 Å². The average Bonchev–Trinajstić information content (AvgIpc) is 2.48. The Balaban J connectivity index is 1.70. The minimum Gasteiger partial charge on any atom is -0.375 e. The van der Waals surface area contributed by atoms with Crippen molar-refractivity contribution in [1.29, 1.82) is 0 Å². The molecule has 0 saturated carbocycles. The maximum Gasteiger partial charge on any atom is 0.149 e. The number of piperidine rings is 2. The van der Waals surface area contributed by atoms with Gasteiger partial charge in [-0.1, -0.05) is 13.8 Å². The van der Waals surface area contributed by atoms with Gasteiger partial charge in [0.2, 0.25) is 0 Å². The Morgan fingerprint density at radius 1 is 1.04 bits per heavy atom. The van der Waals surface area contributed by atoms with Crippen molar-refractivity contribution < 1.29 is 9.53 Å². The average molecular weight is 325 g/mol. The Morgan fingerprint density at radius 2 is 1.65 bits per heavy atom. The highest BCUT2D eigenvalue weighted by atomic mass is 16.5. The van der Waals surface area contributed by atoms with E-state index in [4.69, 9.17) is 4.74 Å². The fourth-order valence-electron chi connectivity index (χ4n) is 3.92. The van der Waals surface area contributed by atoms with Gasteiger partial charge < -0.3 is 4.74 Å². The highest BCUT2D eigenvalue weighted by Gasteiger charge is 2.30. The summed E-state index contributed by atoms with van der Waals surface area (Å²) in [5.74, 6) is 0.510. The second-order valence-corrected chi connectivity index (χ2v) is 8.06. The highest BCUT2D eigenvalue weighted by Crippen LogP contribution is 2.25. The third-order valence-corrected chi connectivity index (χ3v) is 5.49. The number of hydrogen-bond acceptors (Lipinski definition) is 4. The molecule has 4 nitrogen and oxygen atoms in total. The summed E-state index contributed by atoms with van der Waals surface area (Å²) in [4.78, 5) is 16.7. The normalized spacial score (nSPS) is 28.7. The van der Waals surface area contributed by atoms with Crippen LogP contribution < -0.4 is 0 Å². The number of likely N-dealkylation sites (tertiary alicyclic amines) is 2. The summed E-state index contributed by atoms with van der Waals surface area (Å²) in [7, 11) is 0. The van der Waals surface area contributed by atoms with E-state index in [-0.39, 0.29) is 5.92 Å². The lowest BCUT2D eigenvalue weighted by Gasteiger charge is -2.42. The van der Waals surface area contributed by atoms with E-state index in [0.29, 0.717) is 36.6 Å². The number of ether oxygens (including phenoxy) is 1. The van der Waals surface area contributed by atoms with Crippen molar-refractivity contribution in [2.75, 3.05) is 26.2 Å². The van der Waals surface area contributed by atoms with Gasteiger partial charge >= 0.3 is 0 Å². The number of carbonyl (C=O) groups excluding carboxylic acids is 1. The second-order valence-electron chi connectivity index (χ2n) is 8.06. The SMILES string of the molecule is CC(C)C(=O)CN1CCC(O[C@@H]2CCN(C(C)C)[C@H](C)C2)CC1. The van der Waals surface area contributed by atoms with Crippen LogP contribution in [0.15, 0.2) is 0 Å². The predicted octanol–water partition coefficient (Wildman–Crippen LogP) is 2.95. The second kappa shape index (κ2) is 8.59. The molecule has 0 aliphatic carbocycles. The van der Waals surface area contributed by atoms with Gasteiger partial charge in [0.05, 0.1) is 18.8 Å². The molecule has 134 valence electrons. The zero-order valence-electron chi connectivity index (χ0n) is 15.8. The largest absolute Gasteiger partial charge is 0.375 e. The van der Waals surface area contributed by atoms with Crippen LogP contribution in [0.1, 0.15) is 60.3 Å². The molecule has 0 unspecified atom stereocenters. The van der Waals surface area contributed by atoms with Crippen LogP contribution in [-0.4, -0.2) is 66.1 Å². The lowest BCUT2D eigenvalue weighted by atomic mass is 9.98. The summed E-state index contributed by atoms with van der Waals surface area (Å²) in [5.41, 5.74) is 0. The summed E-state index contributed by atoms with van der Waals surface area (Å²) in [6.45, 7) is 14.7. The first-order chi connectivity index (χ1) is 10.9. The molecule has 2 fully saturated rings. The fourth-order valence-corrected chi connectivity index (χ4v) is 3.92. The molecule has 2 saturated heterocycles. The zero-order valence-corrected chi connectivity index (χ0v) is 15.8. The Labute approximate surface area is 142 Å². The number of hydrogen-bond donors (Lipinski definition) is 0. The summed E-state index contributed by atoms with van der Waals surface area (Å²) in [6, 6.07) is 1.25. The summed E-state index contributed by atoms with van der Waals surface area (Å²) < 4.78 is 6.39. The molecule has 0 spiro atoms. The molecule has 2 atom stereocenters. The summed E-state index contributed by atoms with van der Waals surface area (Å²) >= 11 is 0. The third-order valence-electron chi connectivity index (χ3n) is 5.49. The third kappa shape index (κ3) is 5.54. The summed E-state index contributed by atoms with van der Waals surface area (Å²) in [5, 5.41) is 0. The van der Waals surface area contributed by atoms with E-state index in [0.717, 1.165) is 45.3 Å². The van der Waals surface area contributed by atoms with E-state index in [2.05, 4.69) is 30.6 Å². The topological polar surface area (TPSA) is 32.8 Å². The Morgan fingerprint density at radius 3 is 2.17 bits per heavy atom. The molecular weight excluding hydrogens is 288 g/mol. The Bertz CT molecular complexity index is 376. The van der Waals surface area contributed by atoms with Gasteiger partial charge in [0.1, 0.15) is 5.78 Å². The molecular formula is C19H36N2O2. The van der Waals surface area contributed by atoms with E-state index >= 15 is 0 Å². The van der Waals surface area contributed by atoms with Crippen molar-refractivity contribution in [3.05, 3.63) is 0 Å². The predicted molar refractivity (Wildman–Crippen MR) is 94.7 cm³/mol. The highest BCUT2D eigenvalue weighted by molar-refractivity contribution is 5.82. The van der Waals surface area contributed by atoms with Crippen LogP contribution in [0.2, 0.25) is 0 Å². The van der Waals surface area contributed by atoms with Gasteiger partial charge in [-0.3, -0.25) is 14.6 Å². The zero-order chi connectivity index (χ0) is 17.0. The minimum atomic E-state index is 0.150. The molecule has 0 amide bonds. The molecule has 4 heteroatoms. The van der Waals surface area contributed by atoms with E-state index in [1.54, 1.807) is 0 Å². The lowest BCUT2D eigenvalue weighted by molar-refractivity contribution is -0.124. The maximum absolute atomic E-state index is 11.9. The van der Waals surface area contributed by atoms with Crippen LogP contribution >= 0.6 is 0 Å². The van der Waals surface area contributed by atoms with Crippen LogP contribution in [0.5, 0.6) is 0 Å². The van der Waals surface area contributed by atoms with Gasteiger partial charge in [-0.15, -0.1) is 0 Å². The molecule has 0 aromatic rings. The van der Waals surface area contributed by atoms with Crippen LogP contribution in [0.3, 0.4) is 0 Å². The molecule has 0 radical (unpaired) electrons. The van der Waals surface area contributed by atoms with Crippen molar-refractivity contribution in [3.8, 4) is 0 Å². The van der Waals surface area contributed by atoms with Gasteiger partial charge in [-0.2, -0.15) is 0 Å². The van der Waals surface area contributed by atoms with Crippen molar-refractivity contribution in [3.63, 3.8) is 0 Å². The van der Waals surface area contributed by atoms with E-state index in [1.807, 2.05) is 13.8 Å². The van der Waals surface area contributed by atoms with Gasteiger partial charge in [0, 0.05) is 37.6 Å². The Kier molecular flexibility index (Phi) is 7.05. The van der Waals surface area contributed by atoms with Crippen LogP contribution in [-0.2, 0) is 9.53 Å². The lowest BCUT2D eigenvalue weighted by Crippen LogP contribution is -2.48.